The van der Waals surface area contributed by atoms with Gasteiger partial charge in [0.05, 0.1) is 5.69 Å². The van der Waals surface area contributed by atoms with Crippen LogP contribution in [0.1, 0.15) is 18.9 Å². The average molecular weight is 283 g/mol. The number of anilines is 1. The fourth-order valence-electron chi connectivity index (χ4n) is 1.69. The second kappa shape index (κ2) is 7.44. The van der Waals surface area contributed by atoms with E-state index in [-0.39, 0.29) is 35.3 Å². The molecule has 0 saturated carbocycles. The van der Waals surface area contributed by atoms with Crippen LogP contribution in [0.15, 0.2) is 23.4 Å². The van der Waals surface area contributed by atoms with Crippen LogP contribution in [0.4, 0.5) is 10.1 Å². The maximum absolute atomic E-state index is 13.8. The van der Waals surface area contributed by atoms with Crippen LogP contribution in [-0.4, -0.2) is 30.7 Å². The van der Waals surface area contributed by atoms with Crippen LogP contribution < -0.4 is 11.1 Å². The summed E-state index contributed by atoms with van der Waals surface area (Å²) in [6, 6.07) is 3.90. The minimum atomic E-state index is -0.651. The number of carbonyl (C=O) groups is 1. The monoisotopic (exact) mass is 283 g/mol. The van der Waals surface area contributed by atoms with Crippen molar-refractivity contribution in [2.24, 2.45) is 16.8 Å². The van der Waals surface area contributed by atoms with Crippen molar-refractivity contribution in [3.63, 3.8) is 0 Å². The minimum Gasteiger partial charge on any atom is -0.409 e. The van der Waals surface area contributed by atoms with Crippen LogP contribution in [0.5, 0.6) is 0 Å². The van der Waals surface area contributed by atoms with E-state index in [1.165, 1.54) is 12.1 Å². The van der Waals surface area contributed by atoms with E-state index >= 15 is 0 Å². The van der Waals surface area contributed by atoms with Crippen LogP contribution in [0.3, 0.4) is 0 Å². The van der Waals surface area contributed by atoms with Crippen LogP contribution in [-0.2, 0) is 9.53 Å². The van der Waals surface area contributed by atoms with Gasteiger partial charge in [0.15, 0.2) is 5.84 Å². The zero-order chi connectivity index (χ0) is 15.1. The molecular weight excluding hydrogens is 265 g/mol. The third kappa shape index (κ3) is 4.51. The van der Waals surface area contributed by atoms with Gasteiger partial charge in [-0.05, 0) is 24.1 Å². The molecule has 1 amide bonds. The summed E-state index contributed by atoms with van der Waals surface area (Å²) >= 11 is 0. The number of carbonyl (C=O) groups excluding carboxylic acids is 1. The summed E-state index contributed by atoms with van der Waals surface area (Å²) < 4.78 is 18.7. The molecule has 1 aromatic carbocycles. The molecule has 0 bridgehead atoms. The number of hydrogen-bond acceptors (Lipinski definition) is 4. The lowest BCUT2D eigenvalue weighted by Crippen LogP contribution is -2.19. The van der Waals surface area contributed by atoms with Crippen molar-refractivity contribution in [1.82, 2.24) is 0 Å². The van der Waals surface area contributed by atoms with Crippen LogP contribution in [0, 0.1) is 11.7 Å². The first-order chi connectivity index (χ1) is 9.47. The Kier molecular flexibility index (Phi) is 5.92. The number of oxime groups is 1. The Balaban J connectivity index is 2.71. The van der Waals surface area contributed by atoms with Gasteiger partial charge in [0.2, 0.25) is 5.91 Å². The van der Waals surface area contributed by atoms with E-state index in [2.05, 4.69) is 10.5 Å². The smallest absolute Gasteiger partial charge is 0.224 e. The fourth-order valence-corrected chi connectivity index (χ4v) is 1.69. The molecule has 0 saturated heterocycles. The van der Waals surface area contributed by atoms with Gasteiger partial charge in [0.25, 0.3) is 0 Å². The molecule has 0 fully saturated rings. The van der Waals surface area contributed by atoms with Gasteiger partial charge in [-0.1, -0.05) is 12.1 Å². The van der Waals surface area contributed by atoms with E-state index in [9.17, 15) is 9.18 Å². The largest absolute Gasteiger partial charge is 0.409 e. The molecule has 0 aliphatic heterocycles. The normalized spacial score (nSPS) is 13.1. The number of nitrogens with one attached hydrogen (secondary N) is 1. The first-order valence-corrected chi connectivity index (χ1v) is 6.04. The molecule has 1 atom stereocenters. The number of amides is 1. The van der Waals surface area contributed by atoms with Gasteiger partial charge >= 0.3 is 0 Å². The van der Waals surface area contributed by atoms with E-state index in [4.69, 9.17) is 15.7 Å². The fraction of sp³-hybridized carbons (Fsp3) is 0.385. The van der Waals surface area contributed by atoms with E-state index in [0.717, 1.165) is 6.07 Å². The van der Waals surface area contributed by atoms with Crippen molar-refractivity contribution in [2.75, 3.05) is 19.0 Å². The lowest BCUT2D eigenvalue weighted by molar-refractivity contribution is -0.117. The molecule has 0 aromatic heterocycles. The van der Waals surface area contributed by atoms with E-state index in [1.54, 1.807) is 7.11 Å². The molecule has 0 aliphatic carbocycles. The van der Waals surface area contributed by atoms with Gasteiger partial charge < -0.3 is 21.0 Å². The molecule has 0 aliphatic rings. The predicted octanol–water partition coefficient (Wildman–Crippen LogP) is 1.53. The number of nitrogens with zero attached hydrogens (tertiary/aromatic N) is 1. The first kappa shape index (κ1) is 15.9. The number of halogens is 1. The van der Waals surface area contributed by atoms with Crippen LogP contribution >= 0.6 is 0 Å². The standard InChI is InChI=1S/C13H18FN3O3/c1-8(7-20-2)5-12(18)16-11-4-3-9(6-10(11)14)13(15)17-19/h3-4,6,8,19H,5,7H2,1-2H3,(H2,15,17)(H,16,18). The van der Waals surface area contributed by atoms with Crippen molar-refractivity contribution in [2.45, 2.75) is 13.3 Å². The Bertz CT molecular complexity index is 506. The number of hydrogen-bond donors (Lipinski definition) is 3. The lowest BCUT2D eigenvalue weighted by atomic mass is 10.1. The van der Waals surface area contributed by atoms with Gasteiger partial charge in [0, 0.05) is 25.7 Å². The Morgan fingerprint density at radius 1 is 1.60 bits per heavy atom. The highest BCUT2D eigenvalue weighted by Crippen LogP contribution is 2.16. The first-order valence-electron chi connectivity index (χ1n) is 6.04. The van der Waals surface area contributed by atoms with Gasteiger partial charge in [-0.25, -0.2) is 4.39 Å². The molecule has 4 N–H and O–H groups in total. The molecule has 0 spiro atoms. The molecule has 6 nitrogen and oxygen atoms in total. The molecule has 0 radical (unpaired) electrons. The van der Waals surface area contributed by atoms with Crippen molar-refractivity contribution >= 4 is 17.4 Å². The highest BCUT2D eigenvalue weighted by molar-refractivity contribution is 5.98. The van der Waals surface area contributed by atoms with Crippen LogP contribution in [0.25, 0.3) is 0 Å². The second-order valence-corrected chi connectivity index (χ2v) is 4.49. The predicted molar refractivity (Wildman–Crippen MR) is 73.2 cm³/mol. The number of amidine groups is 1. The molecular formula is C13H18FN3O3. The average Bonchev–Trinajstić information content (AvgIpc) is 2.40. The number of nitrogens with two attached hydrogens (primary N) is 1. The SMILES string of the molecule is COCC(C)CC(=O)Nc1ccc(/C(N)=N/O)cc1F. The summed E-state index contributed by atoms with van der Waals surface area (Å²) in [5, 5.41) is 13.8. The number of benzene rings is 1. The third-order valence-electron chi connectivity index (χ3n) is 2.63. The van der Waals surface area contributed by atoms with Crippen molar-refractivity contribution in [3.05, 3.63) is 29.6 Å². The van der Waals surface area contributed by atoms with Gasteiger partial charge in [0.1, 0.15) is 5.82 Å². The van der Waals surface area contributed by atoms with Crippen molar-refractivity contribution < 1.29 is 19.1 Å². The zero-order valence-electron chi connectivity index (χ0n) is 11.4. The van der Waals surface area contributed by atoms with Crippen molar-refractivity contribution in [3.8, 4) is 0 Å². The van der Waals surface area contributed by atoms with E-state index < -0.39 is 5.82 Å². The molecule has 110 valence electrons. The highest BCUT2D eigenvalue weighted by Gasteiger charge is 2.12. The summed E-state index contributed by atoms with van der Waals surface area (Å²) in [6.45, 7) is 2.32. The molecule has 1 rings (SSSR count). The summed E-state index contributed by atoms with van der Waals surface area (Å²) in [6.07, 6.45) is 0.231. The Morgan fingerprint density at radius 2 is 2.30 bits per heavy atom. The second-order valence-electron chi connectivity index (χ2n) is 4.49. The summed E-state index contributed by atoms with van der Waals surface area (Å²) in [7, 11) is 1.56. The summed E-state index contributed by atoms with van der Waals surface area (Å²) in [5.74, 6) is -1.11. The molecule has 20 heavy (non-hydrogen) atoms. The quantitative estimate of drug-likeness (QED) is 0.319. The molecule has 7 heteroatoms. The molecule has 1 aromatic rings. The Labute approximate surface area is 116 Å². The van der Waals surface area contributed by atoms with Crippen LogP contribution in [0.2, 0.25) is 0 Å². The topological polar surface area (TPSA) is 96.9 Å². The summed E-state index contributed by atoms with van der Waals surface area (Å²) in [5.41, 5.74) is 5.63. The summed E-state index contributed by atoms with van der Waals surface area (Å²) in [4.78, 5) is 11.7. The van der Waals surface area contributed by atoms with Gasteiger partial charge in [-0.15, -0.1) is 0 Å². The molecule has 0 heterocycles. The van der Waals surface area contributed by atoms with E-state index in [0.29, 0.717) is 6.61 Å². The highest BCUT2D eigenvalue weighted by atomic mass is 19.1. The molecule has 1 unspecified atom stereocenters. The van der Waals surface area contributed by atoms with Gasteiger partial charge in [-0.3, -0.25) is 4.79 Å². The Morgan fingerprint density at radius 3 is 2.85 bits per heavy atom. The van der Waals surface area contributed by atoms with E-state index in [1.807, 2.05) is 6.92 Å². The zero-order valence-corrected chi connectivity index (χ0v) is 11.4. The maximum Gasteiger partial charge on any atom is 0.224 e. The minimum absolute atomic E-state index is 0.0412. The number of ether oxygens (including phenoxy) is 1. The van der Waals surface area contributed by atoms with Gasteiger partial charge in [-0.2, -0.15) is 0 Å². The number of rotatable bonds is 6. The third-order valence-corrected chi connectivity index (χ3v) is 2.63. The maximum atomic E-state index is 13.8. The number of methoxy groups -OCH3 is 1. The Hall–Kier alpha value is -2.15. The van der Waals surface area contributed by atoms with Crippen molar-refractivity contribution in [1.29, 1.82) is 0 Å². The lowest BCUT2D eigenvalue weighted by Gasteiger charge is -2.11.